The second-order valence-electron chi connectivity index (χ2n) is 7.28. The number of hydrogen-bond donors (Lipinski definition) is 1. The van der Waals surface area contributed by atoms with Crippen LogP contribution in [0.1, 0.15) is 45.1 Å². The van der Waals surface area contributed by atoms with Crippen molar-refractivity contribution in [2.45, 2.75) is 63.3 Å². The molecule has 1 aliphatic heterocycles. The second-order valence-corrected chi connectivity index (χ2v) is 7.68. The highest BCUT2D eigenvalue weighted by atomic mass is 35.5. The number of hydrogen-bond acceptors (Lipinski definition) is 2. The van der Waals surface area contributed by atoms with Crippen molar-refractivity contribution in [1.29, 1.82) is 0 Å². The summed E-state index contributed by atoms with van der Waals surface area (Å²) in [5.74, 6) is 0. The fourth-order valence-electron chi connectivity index (χ4n) is 3.94. The number of rotatable bonds is 1. The Morgan fingerprint density at radius 1 is 1.16 bits per heavy atom. The molecule has 1 aromatic rings. The molecule has 25 heavy (non-hydrogen) atoms. The Kier molecular flexibility index (Phi) is 7.36. The number of halogens is 6. The molecule has 1 heterocycles. The average molecular weight is 420 g/mol. The Labute approximate surface area is 164 Å². The molecule has 1 aliphatic carbocycles. The van der Waals surface area contributed by atoms with E-state index in [9.17, 15) is 13.2 Å². The second kappa shape index (κ2) is 8.12. The monoisotopic (exact) mass is 418 g/mol. The molecule has 1 saturated carbocycles. The molecule has 8 heteroatoms. The lowest BCUT2D eigenvalue weighted by molar-refractivity contribution is -0.137. The summed E-state index contributed by atoms with van der Waals surface area (Å²) in [6.45, 7) is 5.03. The predicted octanol–water partition coefficient (Wildman–Crippen LogP) is 5.70. The molecule has 1 aromatic carbocycles. The van der Waals surface area contributed by atoms with Gasteiger partial charge in [-0.2, -0.15) is 13.2 Å². The molecule has 2 aliphatic rings. The molecule has 2 nitrogen and oxygen atoms in total. The van der Waals surface area contributed by atoms with Crippen molar-refractivity contribution in [2.75, 3.05) is 11.4 Å². The Morgan fingerprint density at radius 3 is 2.40 bits per heavy atom. The van der Waals surface area contributed by atoms with Crippen LogP contribution in [0.25, 0.3) is 0 Å². The molecule has 144 valence electrons. The van der Waals surface area contributed by atoms with Gasteiger partial charge in [0.15, 0.2) is 0 Å². The summed E-state index contributed by atoms with van der Waals surface area (Å²) in [6, 6.07) is 4.84. The van der Waals surface area contributed by atoms with Gasteiger partial charge >= 0.3 is 6.18 Å². The lowest BCUT2D eigenvalue weighted by Crippen LogP contribution is -2.67. The number of alkyl halides is 3. The van der Waals surface area contributed by atoms with Crippen LogP contribution in [0.3, 0.4) is 0 Å². The van der Waals surface area contributed by atoms with E-state index >= 15 is 0 Å². The van der Waals surface area contributed by atoms with Gasteiger partial charge in [0.25, 0.3) is 0 Å². The van der Waals surface area contributed by atoms with Gasteiger partial charge in [0, 0.05) is 29.9 Å². The maximum Gasteiger partial charge on any atom is 0.417 e. The summed E-state index contributed by atoms with van der Waals surface area (Å²) in [4.78, 5) is 2.24. The van der Waals surface area contributed by atoms with Crippen LogP contribution in [0.4, 0.5) is 18.9 Å². The molecule has 2 fully saturated rings. The van der Waals surface area contributed by atoms with Crippen LogP contribution in [0, 0.1) is 0 Å². The Balaban J connectivity index is 0.00000156. The minimum Gasteiger partial charge on any atom is -0.365 e. The summed E-state index contributed by atoms with van der Waals surface area (Å²) in [5, 5.41) is 3.47. The minimum absolute atomic E-state index is 0. The van der Waals surface area contributed by atoms with E-state index in [-0.39, 0.29) is 35.4 Å². The largest absolute Gasteiger partial charge is 0.417 e. The van der Waals surface area contributed by atoms with Crippen LogP contribution in [-0.4, -0.2) is 24.2 Å². The number of nitrogens with one attached hydrogen (secondary N) is 1. The van der Waals surface area contributed by atoms with Crippen LogP contribution in [0.5, 0.6) is 0 Å². The number of fused-ring (bicyclic) bond motifs is 1. The van der Waals surface area contributed by atoms with Gasteiger partial charge in [-0.15, -0.1) is 24.8 Å². The van der Waals surface area contributed by atoms with Crippen molar-refractivity contribution < 1.29 is 13.2 Å². The smallest absolute Gasteiger partial charge is 0.365 e. The van der Waals surface area contributed by atoms with Gasteiger partial charge in [-0.1, -0.05) is 24.4 Å². The number of piperazine rings is 1. The number of anilines is 1. The molecule has 2 atom stereocenters. The standard InChI is InChI=1S/C17H22ClF3N2.2ClH/c1-16(2)10-23(15-6-4-3-5-14(15)22-16)11-7-8-12(13(18)9-11)17(19,20)21;;/h7-9,14-15,22H,3-6,10H2,1-2H3;2*1H/t14-,15-;;/m0../s1. The van der Waals surface area contributed by atoms with Gasteiger partial charge in [0.1, 0.15) is 0 Å². The fourth-order valence-corrected chi connectivity index (χ4v) is 4.22. The summed E-state index contributed by atoms with van der Waals surface area (Å²) in [7, 11) is 0. The third-order valence-electron chi connectivity index (χ3n) is 4.86. The molecular formula is C17H24Cl3F3N2. The highest BCUT2D eigenvalue weighted by Gasteiger charge is 2.41. The molecule has 3 rings (SSSR count). The first-order valence-electron chi connectivity index (χ1n) is 8.08. The first kappa shape index (κ1) is 22.7. The molecule has 0 amide bonds. The van der Waals surface area contributed by atoms with E-state index < -0.39 is 11.7 Å². The first-order valence-corrected chi connectivity index (χ1v) is 8.46. The van der Waals surface area contributed by atoms with Crippen molar-refractivity contribution in [1.82, 2.24) is 5.32 Å². The van der Waals surface area contributed by atoms with Gasteiger partial charge in [-0.3, -0.25) is 0 Å². The summed E-state index contributed by atoms with van der Waals surface area (Å²) in [5.41, 5.74) is -0.0554. The molecule has 0 unspecified atom stereocenters. The SMILES string of the molecule is CC1(C)CN(c2ccc(C(F)(F)F)c(Cl)c2)[C@H]2CCCC[C@@H]2N1.Cl.Cl. The van der Waals surface area contributed by atoms with Crippen LogP contribution in [-0.2, 0) is 6.18 Å². The van der Waals surface area contributed by atoms with Crippen molar-refractivity contribution in [3.05, 3.63) is 28.8 Å². The number of benzene rings is 1. The highest BCUT2D eigenvalue weighted by Crippen LogP contribution is 2.39. The van der Waals surface area contributed by atoms with E-state index in [0.717, 1.165) is 37.6 Å². The molecular weight excluding hydrogens is 396 g/mol. The van der Waals surface area contributed by atoms with Crippen molar-refractivity contribution in [3.63, 3.8) is 0 Å². The van der Waals surface area contributed by atoms with Crippen molar-refractivity contribution in [3.8, 4) is 0 Å². The van der Waals surface area contributed by atoms with E-state index in [4.69, 9.17) is 11.6 Å². The maximum atomic E-state index is 12.9. The van der Waals surface area contributed by atoms with Gasteiger partial charge in [-0.05, 0) is 44.9 Å². The van der Waals surface area contributed by atoms with Gasteiger partial charge in [0.2, 0.25) is 0 Å². The van der Waals surface area contributed by atoms with Crippen LogP contribution in [0.15, 0.2) is 18.2 Å². The van der Waals surface area contributed by atoms with Crippen LogP contribution >= 0.6 is 36.4 Å². The minimum atomic E-state index is -4.41. The molecule has 0 aromatic heterocycles. The zero-order valence-corrected chi connectivity index (χ0v) is 16.6. The fraction of sp³-hybridized carbons (Fsp3) is 0.647. The third kappa shape index (κ3) is 4.88. The average Bonchev–Trinajstić information content (AvgIpc) is 2.44. The van der Waals surface area contributed by atoms with E-state index in [1.165, 1.54) is 12.5 Å². The zero-order valence-electron chi connectivity index (χ0n) is 14.2. The molecule has 1 saturated heterocycles. The van der Waals surface area contributed by atoms with Gasteiger partial charge in [0.05, 0.1) is 10.6 Å². The first-order chi connectivity index (χ1) is 10.7. The third-order valence-corrected chi connectivity index (χ3v) is 5.17. The molecule has 0 radical (unpaired) electrons. The van der Waals surface area contributed by atoms with Crippen LogP contribution in [0.2, 0.25) is 5.02 Å². The summed E-state index contributed by atoms with van der Waals surface area (Å²) >= 11 is 5.92. The molecule has 1 N–H and O–H groups in total. The van der Waals surface area contributed by atoms with Gasteiger partial charge < -0.3 is 10.2 Å². The summed E-state index contributed by atoms with van der Waals surface area (Å²) in [6.07, 6.45) is 0.122. The van der Waals surface area contributed by atoms with E-state index in [1.54, 1.807) is 6.07 Å². The number of nitrogens with zero attached hydrogens (tertiary/aromatic N) is 1. The normalized spacial score (nSPS) is 25.4. The lowest BCUT2D eigenvalue weighted by Gasteiger charge is -2.52. The van der Waals surface area contributed by atoms with Crippen molar-refractivity contribution in [2.24, 2.45) is 0 Å². The molecule has 0 bridgehead atoms. The maximum absolute atomic E-state index is 12.9. The quantitative estimate of drug-likeness (QED) is 0.628. The Bertz CT molecular complexity index is 593. The zero-order chi connectivity index (χ0) is 16.8. The van der Waals surface area contributed by atoms with Crippen LogP contribution < -0.4 is 10.2 Å². The van der Waals surface area contributed by atoms with Crippen molar-refractivity contribution >= 4 is 42.1 Å². The Hall–Kier alpha value is -0.360. The molecule has 0 spiro atoms. The topological polar surface area (TPSA) is 15.3 Å². The lowest BCUT2D eigenvalue weighted by atomic mass is 9.83. The highest BCUT2D eigenvalue weighted by molar-refractivity contribution is 6.31. The van der Waals surface area contributed by atoms with E-state index in [0.29, 0.717) is 12.1 Å². The van der Waals surface area contributed by atoms with Gasteiger partial charge in [-0.25, -0.2) is 0 Å². The Morgan fingerprint density at radius 2 is 1.80 bits per heavy atom. The summed E-state index contributed by atoms with van der Waals surface area (Å²) < 4.78 is 38.7. The van der Waals surface area contributed by atoms with E-state index in [1.807, 2.05) is 0 Å². The van der Waals surface area contributed by atoms with E-state index in [2.05, 4.69) is 24.1 Å². The predicted molar refractivity (Wildman–Crippen MR) is 102 cm³/mol.